The number of carbonyl (C=O) groups excluding carboxylic acids is 2. The van der Waals surface area contributed by atoms with Crippen molar-refractivity contribution in [3.8, 4) is 5.75 Å². The van der Waals surface area contributed by atoms with Crippen LogP contribution in [0.3, 0.4) is 0 Å². The van der Waals surface area contributed by atoms with E-state index in [2.05, 4.69) is 5.32 Å². The van der Waals surface area contributed by atoms with Crippen LogP contribution in [0, 0.1) is 0 Å². The largest absolute Gasteiger partial charge is 0.482 e. The van der Waals surface area contributed by atoms with E-state index in [1.54, 1.807) is 0 Å². The molecule has 1 aromatic carbocycles. The molecule has 1 heterocycles. The summed E-state index contributed by atoms with van der Waals surface area (Å²) in [6.45, 7) is -0.217. The van der Waals surface area contributed by atoms with Crippen LogP contribution in [0.2, 0.25) is 5.02 Å². The first-order chi connectivity index (χ1) is 9.26. The van der Waals surface area contributed by atoms with Crippen LogP contribution in [0.4, 0.5) is 18.9 Å². The van der Waals surface area contributed by atoms with E-state index in [1.807, 2.05) is 0 Å². The highest BCUT2D eigenvalue weighted by Gasteiger charge is 2.29. The average Bonchev–Trinajstić information content (AvgIpc) is 2.34. The lowest BCUT2D eigenvalue weighted by Gasteiger charge is -2.19. The second-order valence-electron chi connectivity index (χ2n) is 4.20. The highest BCUT2D eigenvalue weighted by Crippen LogP contribution is 2.34. The molecular weight excluding hydrogens is 299 g/mol. The first-order valence-corrected chi connectivity index (χ1v) is 6.00. The summed E-state index contributed by atoms with van der Waals surface area (Å²) in [5.41, 5.74) is 0.240. The zero-order valence-electron chi connectivity index (χ0n) is 10.0. The number of carbonyl (C=O) groups is 2. The third-order valence-corrected chi connectivity index (χ3v) is 2.95. The summed E-state index contributed by atoms with van der Waals surface area (Å²) in [4.78, 5) is 22.8. The lowest BCUT2D eigenvalue weighted by molar-refractivity contribution is -0.133. The molecule has 0 atom stereocenters. The highest BCUT2D eigenvalue weighted by molar-refractivity contribution is 6.34. The van der Waals surface area contributed by atoms with E-state index in [9.17, 15) is 22.8 Å². The fraction of sp³-hybridized carbons (Fsp3) is 0.333. The Hall–Kier alpha value is -1.76. The molecule has 4 nitrogen and oxygen atoms in total. The highest BCUT2D eigenvalue weighted by atomic mass is 35.5. The Labute approximate surface area is 116 Å². The fourth-order valence-corrected chi connectivity index (χ4v) is 1.97. The summed E-state index contributed by atoms with van der Waals surface area (Å²) >= 11 is 5.84. The number of ether oxygens (including phenoxy) is 1. The van der Waals surface area contributed by atoms with E-state index >= 15 is 0 Å². The van der Waals surface area contributed by atoms with Crippen molar-refractivity contribution >= 4 is 29.0 Å². The van der Waals surface area contributed by atoms with Crippen LogP contribution in [0.25, 0.3) is 0 Å². The number of ketones is 1. The zero-order valence-corrected chi connectivity index (χ0v) is 10.8. The van der Waals surface area contributed by atoms with Crippen molar-refractivity contribution in [3.05, 3.63) is 22.7 Å². The van der Waals surface area contributed by atoms with Crippen LogP contribution in [-0.4, -0.2) is 24.5 Å². The first kappa shape index (κ1) is 14.6. The normalized spacial score (nSPS) is 14.3. The Morgan fingerprint density at radius 3 is 2.75 bits per heavy atom. The van der Waals surface area contributed by atoms with E-state index in [4.69, 9.17) is 16.3 Å². The molecular formula is C12H9ClF3NO3. The number of anilines is 1. The van der Waals surface area contributed by atoms with Crippen molar-refractivity contribution in [2.45, 2.75) is 19.0 Å². The molecule has 0 saturated carbocycles. The van der Waals surface area contributed by atoms with Gasteiger partial charge >= 0.3 is 6.18 Å². The molecule has 1 aromatic rings. The minimum atomic E-state index is -4.40. The lowest BCUT2D eigenvalue weighted by atomic mass is 10.0. The van der Waals surface area contributed by atoms with E-state index in [-0.39, 0.29) is 28.8 Å². The van der Waals surface area contributed by atoms with E-state index < -0.39 is 24.8 Å². The van der Waals surface area contributed by atoms with Gasteiger partial charge in [-0.1, -0.05) is 11.6 Å². The molecule has 20 heavy (non-hydrogen) atoms. The number of benzene rings is 1. The van der Waals surface area contributed by atoms with Gasteiger partial charge in [0.1, 0.15) is 5.75 Å². The molecule has 0 unspecified atom stereocenters. The number of halogens is 4. The van der Waals surface area contributed by atoms with Crippen LogP contribution in [-0.2, 0) is 4.79 Å². The van der Waals surface area contributed by atoms with Crippen LogP contribution in [0.15, 0.2) is 12.1 Å². The Kier molecular flexibility index (Phi) is 3.89. The van der Waals surface area contributed by atoms with Crippen LogP contribution < -0.4 is 10.1 Å². The third-order valence-electron chi connectivity index (χ3n) is 2.64. The summed E-state index contributed by atoms with van der Waals surface area (Å²) in [7, 11) is 0. The number of hydrogen-bond acceptors (Lipinski definition) is 3. The molecule has 1 aliphatic heterocycles. The second kappa shape index (κ2) is 5.32. The Bertz CT molecular complexity index is 572. The molecule has 0 saturated heterocycles. The van der Waals surface area contributed by atoms with Crippen molar-refractivity contribution < 1.29 is 27.5 Å². The maximum absolute atomic E-state index is 12.1. The predicted octanol–water partition coefficient (Wildman–Crippen LogP) is 3.20. The molecule has 1 amide bonds. The Balaban J connectivity index is 2.20. The topological polar surface area (TPSA) is 55.4 Å². The van der Waals surface area contributed by atoms with E-state index in [1.165, 1.54) is 12.1 Å². The second-order valence-corrected chi connectivity index (χ2v) is 4.61. The van der Waals surface area contributed by atoms with Crippen LogP contribution in [0.5, 0.6) is 5.75 Å². The SMILES string of the molecule is O=C1COc2cc(C(=O)CCC(F)(F)F)c(Cl)cc2N1. The van der Waals surface area contributed by atoms with Crippen molar-refractivity contribution in [2.24, 2.45) is 0 Å². The molecule has 108 valence electrons. The molecule has 8 heteroatoms. The smallest absolute Gasteiger partial charge is 0.389 e. The standard InChI is InChI=1S/C12H9ClF3NO3/c13-7-4-8-10(20-5-11(19)17-8)3-6(7)9(18)1-2-12(14,15)16/h3-4H,1-2,5H2,(H,17,19). The monoisotopic (exact) mass is 307 g/mol. The summed E-state index contributed by atoms with van der Waals surface area (Å²) in [5.74, 6) is -0.885. The van der Waals surface area contributed by atoms with Gasteiger partial charge in [-0.2, -0.15) is 13.2 Å². The first-order valence-electron chi connectivity index (χ1n) is 5.62. The Morgan fingerprint density at radius 2 is 2.10 bits per heavy atom. The molecule has 0 radical (unpaired) electrons. The van der Waals surface area contributed by atoms with Crippen molar-refractivity contribution in [1.29, 1.82) is 0 Å². The molecule has 0 fully saturated rings. The van der Waals surface area contributed by atoms with Crippen molar-refractivity contribution in [3.63, 3.8) is 0 Å². The van der Waals surface area contributed by atoms with Gasteiger partial charge in [0.2, 0.25) is 0 Å². The van der Waals surface area contributed by atoms with Crippen molar-refractivity contribution in [1.82, 2.24) is 0 Å². The van der Waals surface area contributed by atoms with E-state index in [0.717, 1.165) is 0 Å². The van der Waals surface area contributed by atoms with Gasteiger partial charge < -0.3 is 10.1 Å². The van der Waals surface area contributed by atoms with Crippen LogP contribution in [0.1, 0.15) is 23.2 Å². The van der Waals surface area contributed by atoms with Gasteiger partial charge in [-0.05, 0) is 12.1 Å². The third kappa shape index (κ3) is 3.41. The number of rotatable bonds is 3. The van der Waals surface area contributed by atoms with Crippen LogP contribution >= 0.6 is 11.6 Å². The predicted molar refractivity (Wildman–Crippen MR) is 65.2 cm³/mol. The summed E-state index contributed by atoms with van der Waals surface area (Å²) in [6.07, 6.45) is -6.30. The number of alkyl halides is 3. The van der Waals surface area contributed by atoms with Gasteiger partial charge in [0.15, 0.2) is 12.4 Å². The van der Waals surface area contributed by atoms with Gasteiger partial charge in [-0.25, -0.2) is 0 Å². The summed E-state index contributed by atoms with van der Waals surface area (Å²) in [5, 5.41) is 2.46. The van der Waals surface area contributed by atoms with Gasteiger partial charge in [-0.15, -0.1) is 0 Å². The number of amides is 1. The molecule has 0 aromatic heterocycles. The van der Waals surface area contributed by atoms with E-state index in [0.29, 0.717) is 5.69 Å². The number of Topliss-reactive ketones (excluding diaryl/α,β-unsaturated/α-hetero) is 1. The lowest BCUT2D eigenvalue weighted by Crippen LogP contribution is -2.25. The maximum Gasteiger partial charge on any atom is 0.389 e. The fourth-order valence-electron chi connectivity index (χ4n) is 1.70. The van der Waals surface area contributed by atoms with Gasteiger partial charge in [0.05, 0.1) is 17.1 Å². The van der Waals surface area contributed by atoms with Gasteiger partial charge in [0, 0.05) is 12.0 Å². The summed E-state index contributed by atoms with van der Waals surface area (Å²) < 4.78 is 41.4. The zero-order chi connectivity index (χ0) is 14.9. The molecule has 2 rings (SSSR count). The molecule has 0 bridgehead atoms. The summed E-state index contributed by atoms with van der Waals surface area (Å²) in [6, 6.07) is 2.53. The van der Waals surface area contributed by atoms with Gasteiger partial charge in [0.25, 0.3) is 5.91 Å². The van der Waals surface area contributed by atoms with Crippen molar-refractivity contribution in [2.75, 3.05) is 11.9 Å². The minimum Gasteiger partial charge on any atom is -0.482 e. The minimum absolute atomic E-state index is 0.0262. The number of nitrogens with one attached hydrogen (secondary N) is 1. The average molecular weight is 308 g/mol. The number of fused-ring (bicyclic) bond motifs is 1. The molecule has 1 aliphatic rings. The molecule has 0 spiro atoms. The molecule has 1 N–H and O–H groups in total. The quantitative estimate of drug-likeness (QED) is 0.873. The maximum atomic E-state index is 12.1. The Morgan fingerprint density at radius 1 is 1.40 bits per heavy atom. The molecule has 0 aliphatic carbocycles. The van der Waals surface area contributed by atoms with Gasteiger partial charge in [-0.3, -0.25) is 9.59 Å². The number of hydrogen-bond donors (Lipinski definition) is 1.